The summed E-state index contributed by atoms with van der Waals surface area (Å²) < 4.78 is 10.9. The molecule has 0 spiro atoms. The average Bonchev–Trinajstić information content (AvgIpc) is 2.61. The Hall–Kier alpha value is -1.66. The summed E-state index contributed by atoms with van der Waals surface area (Å²) in [5.74, 6) is 0.670. The SMILES string of the molecule is C=CC[C@H](O)[C@@H](O)[C@@H](/C=C\[C@@H](C)[C@H](C)O)OCc1ccc(OC)cc1. The molecule has 140 valence electrons. The lowest BCUT2D eigenvalue weighted by molar-refractivity contribution is -0.0741. The lowest BCUT2D eigenvalue weighted by atomic mass is 10.0. The maximum Gasteiger partial charge on any atom is 0.118 e. The number of hydrogen-bond acceptors (Lipinski definition) is 5. The van der Waals surface area contributed by atoms with Gasteiger partial charge in [0.05, 0.1) is 25.9 Å². The minimum absolute atomic E-state index is 0.0872. The number of hydrogen-bond donors (Lipinski definition) is 3. The van der Waals surface area contributed by atoms with Crippen molar-refractivity contribution in [3.05, 3.63) is 54.6 Å². The zero-order valence-electron chi connectivity index (χ0n) is 15.2. The van der Waals surface area contributed by atoms with E-state index in [2.05, 4.69) is 6.58 Å². The van der Waals surface area contributed by atoms with E-state index in [0.717, 1.165) is 11.3 Å². The molecular formula is C20H30O5. The van der Waals surface area contributed by atoms with Gasteiger partial charge in [0.25, 0.3) is 0 Å². The molecule has 5 atom stereocenters. The zero-order chi connectivity index (χ0) is 18.8. The summed E-state index contributed by atoms with van der Waals surface area (Å²) in [4.78, 5) is 0. The van der Waals surface area contributed by atoms with Crippen LogP contribution in [0.15, 0.2) is 49.1 Å². The molecule has 0 fully saturated rings. The van der Waals surface area contributed by atoms with Crippen molar-refractivity contribution in [3.8, 4) is 5.75 Å². The Morgan fingerprint density at radius 1 is 1.08 bits per heavy atom. The Balaban J connectivity index is 2.79. The minimum atomic E-state index is -1.09. The molecule has 0 heterocycles. The van der Waals surface area contributed by atoms with Crippen molar-refractivity contribution in [1.82, 2.24) is 0 Å². The van der Waals surface area contributed by atoms with Gasteiger partial charge in [-0.1, -0.05) is 37.3 Å². The molecule has 0 aromatic heterocycles. The fourth-order valence-corrected chi connectivity index (χ4v) is 2.16. The fourth-order valence-electron chi connectivity index (χ4n) is 2.16. The third-order valence-corrected chi connectivity index (χ3v) is 4.11. The molecule has 0 radical (unpaired) electrons. The molecule has 0 aliphatic rings. The maximum absolute atomic E-state index is 10.4. The third kappa shape index (κ3) is 7.40. The first-order valence-corrected chi connectivity index (χ1v) is 8.47. The fraction of sp³-hybridized carbons (Fsp3) is 0.500. The molecule has 1 aromatic carbocycles. The van der Waals surface area contributed by atoms with E-state index in [0.29, 0.717) is 0 Å². The highest BCUT2D eigenvalue weighted by atomic mass is 16.5. The van der Waals surface area contributed by atoms with E-state index in [9.17, 15) is 15.3 Å². The molecule has 0 aliphatic heterocycles. The predicted molar refractivity (Wildman–Crippen MR) is 98.4 cm³/mol. The highest BCUT2D eigenvalue weighted by molar-refractivity contribution is 5.26. The first-order chi connectivity index (χ1) is 11.9. The van der Waals surface area contributed by atoms with Gasteiger partial charge in [0.1, 0.15) is 18.0 Å². The van der Waals surface area contributed by atoms with Crippen LogP contribution in [0.3, 0.4) is 0 Å². The first-order valence-electron chi connectivity index (χ1n) is 8.47. The molecule has 5 nitrogen and oxygen atoms in total. The molecule has 0 aliphatic carbocycles. The van der Waals surface area contributed by atoms with Crippen molar-refractivity contribution in [2.24, 2.45) is 5.92 Å². The molecule has 25 heavy (non-hydrogen) atoms. The zero-order valence-corrected chi connectivity index (χ0v) is 15.2. The van der Waals surface area contributed by atoms with Gasteiger partial charge < -0.3 is 24.8 Å². The third-order valence-electron chi connectivity index (χ3n) is 4.11. The molecule has 1 rings (SSSR count). The number of benzene rings is 1. The average molecular weight is 350 g/mol. The predicted octanol–water partition coefficient (Wildman–Crippen LogP) is 2.45. The van der Waals surface area contributed by atoms with Gasteiger partial charge in [-0.3, -0.25) is 0 Å². The maximum atomic E-state index is 10.4. The van der Waals surface area contributed by atoms with Gasteiger partial charge in [0.15, 0.2) is 0 Å². The van der Waals surface area contributed by atoms with Gasteiger partial charge >= 0.3 is 0 Å². The Morgan fingerprint density at radius 2 is 1.72 bits per heavy atom. The van der Waals surface area contributed by atoms with Crippen molar-refractivity contribution in [2.45, 2.75) is 51.3 Å². The molecule has 1 aromatic rings. The second kappa shape index (κ2) is 11.1. The Morgan fingerprint density at radius 3 is 2.24 bits per heavy atom. The molecule has 5 heteroatoms. The summed E-state index contributed by atoms with van der Waals surface area (Å²) >= 11 is 0. The van der Waals surface area contributed by atoms with Gasteiger partial charge in [0.2, 0.25) is 0 Å². The highest BCUT2D eigenvalue weighted by Gasteiger charge is 2.24. The summed E-state index contributed by atoms with van der Waals surface area (Å²) in [6, 6.07) is 7.43. The van der Waals surface area contributed by atoms with E-state index in [1.165, 1.54) is 0 Å². The molecule has 0 saturated heterocycles. The van der Waals surface area contributed by atoms with Crippen molar-refractivity contribution in [2.75, 3.05) is 7.11 Å². The number of aliphatic hydroxyl groups excluding tert-OH is 3. The van der Waals surface area contributed by atoms with Crippen molar-refractivity contribution in [3.63, 3.8) is 0 Å². The van der Waals surface area contributed by atoms with Crippen LogP contribution in [-0.4, -0.2) is 46.8 Å². The van der Waals surface area contributed by atoms with Crippen LogP contribution in [0.25, 0.3) is 0 Å². The summed E-state index contributed by atoms with van der Waals surface area (Å²) in [5, 5.41) is 30.0. The summed E-state index contributed by atoms with van der Waals surface area (Å²) in [7, 11) is 1.60. The number of methoxy groups -OCH3 is 1. The lowest BCUT2D eigenvalue weighted by Crippen LogP contribution is -2.37. The lowest BCUT2D eigenvalue weighted by Gasteiger charge is -2.25. The molecular weight excluding hydrogens is 320 g/mol. The topological polar surface area (TPSA) is 79.2 Å². The molecule has 0 bridgehead atoms. The summed E-state index contributed by atoms with van der Waals surface area (Å²) in [5.41, 5.74) is 0.924. The van der Waals surface area contributed by atoms with Crippen LogP contribution < -0.4 is 4.74 Å². The Kier molecular flexibility index (Phi) is 9.45. The van der Waals surface area contributed by atoms with Gasteiger partial charge in [-0.05, 0) is 37.0 Å². The van der Waals surface area contributed by atoms with E-state index in [1.54, 1.807) is 32.3 Å². The van der Waals surface area contributed by atoms with Crippen molar-refractivity contribution < 1.29 is 24.8 Å². The monoisotopic (exact) mass is 350 g/mol. The van der Waals surface area contributed by atoms with Gasteiger partial charge in [-0.15, -0.1) is 6.58 Å². The van der Waals surface area contributed by atoms with E-state index in [-0.39, 0.29) is 18.9 Å². The smallest absolute Gasteiger partial charge is 0.118 e. The quantitative estimate of drug-likeness (QED) is 0.534. The van der Waals surface area contributed by atoms with E-state index < -0.39 is 24.4 Å². The molecule has 0 amide bonds. The second-order valence-electron chi connectivity index (χ2n) is 6.19. The Labute approximate surface area is 150 Å². The van der Waals surface area contributed by atoms with Gasteiger partial charge in [-0.25, -0.2) is 0 Å². The number of rotatable bonds is 11. The van der Waals surface area contributed by atoms with E-state index in [4.69, 9.17) is 9.47 Å². The molecule has 0 saturated carbocycles. The standard InChI is InChI=1S/C20H30O5/c1-5-6-18(22)20(23)19(12-7-14(2)15(3)21)25-13-16-8-10-17(24-4)11-9-16/h5,7-12,14-15,18-23H,1,6,13H2,2-4H3/b12-7-/t14-,15+,18+,19-,20-/m1/s1. The second-order valence-corrected chi connectivity index (χ2v) is 6.19. The van der Waals surface area contributed by atoms with Crippen LogP contribution in [0, 0.1) is 5.92 Å². The first kappa shape index (κ1) is 21.4. The minimum Gasteiger partial charge on any atom is -0.497 e. The van der Waals surface area contributed by atoms with Crippen molar-refractivity contribution >= 4 is 0 Å². The van der Waals surface area contributed by atoms with Crippen LogP contribution >= 0.6 is 0 Å². The van der Waals surface area contributed by atoms with Crippen LogP contribution in [0.1, 0.15) is 25.8 Å². The molecule has 3 N–H and O–H groups in total. The molecule has 0 unspecified atom stereocenters. The van der Waals surface area contributed by atoms with E-state index in [1.807, 2.05) is 31.2 Å². The summed E-state index contributed by atoms with van der Waals surface area (Å²) in [6.07, 6.45) is 2.04. The normalized spacial score (nSPS) is 17.7. The van der Waals surface area contributed by atoms with Crippen LogP contribution in [-0.2, 0) is 11.3 Å². The van der Waals surface area contributed by atoms with Crippen LogP contribution in [0.4, 0.5) is 0 Å². The van der Waals surface area contributed by atoms with Gasteiger partial charge in [-0.2, -0.15) is 0 Å². The number of ether oxygens (including phenoxy) is 2. The largest absolute Gasteiger partial charge is 0.497 e. The summed E-state index contributed by atoms with van der Waals surface area (Å²) in [6.45, 7) is 7.42. The Bertz CT molecular complexity index is 523. The van der Waals surface area contributed by atoms with Gasteiger partial charge in [0, 0.05) is 0 Å². The van der Waals surface area contributed by atoms with Crippen LogP contribution in [0.5, 0.6) is 5.75 Å². The van der Waals surface area contributed by atoms with Crippen molar-refractivity contribution in [1.29, 1.82) is 0 Å². The van der Waals surface area contributed by atoms with Crippen LogP contribution in [0.2, 0.25) is 0 Å². The highest BCUT2D eigenvalue weighted by Crippen LogP contribution is 2.16. The van der Waals surface area contributed by atoms with E-state index >= 15 is 0 Å². The number of aliphatic hydroxyl groups is 3.